The van der Waals surface area contributed by atoms with Crippen molar-refractivity contribution in [2.75, 3.05) is 13.2 Å². The maximum Gasteiger partial charge on any atom is 0.235 e. The van der Waals surface area contributed by atoms with Gasteiger partial charge in [0.2, 0.25) is 11.2 Å². The van der Waals surface area contributed by atoms with Gasteiger partial charge in [-0.1, -0.05) is 41.4 Å². The minimum Gasteiger partial charge on any atom is -0.490 e. The largest absolute Gasteiger partial charge is 0.490 e. The number of hydrogen-bond acceptors (Lipinski definition) is 4. The van der Waals surface area contributed by atoms with Crippen molar-refractivity contribution in [1.29, 1.82) is 0 Å². The molecule has 5 heteroatoms. The van der Waals surface area contributed by atoms with E-state index < -0.39 is 0 Å². The molecule has 0 amide bonds. The highest BCUT2D eigenvalue weighted by Gasteiger charge is 2.20. The van der Waals surface area contributed by atoms with Crippen LogP contribution in [0.15, 0.2) is 69.9 Å². The van der Waals surface area contributed by atoms with Gasteiger partial charge in [0.15, 0.2) is 5.76 Å². The molecule has 4 nitrogen and oxygen atoms in total. The van der Waals surface area contributed by atoms with E-state index in [1.165, 1.54) is 0 Å². The molecule has 0 radical (unpaired) electrons. The van der Waals surface area contributed by atoms with E-state index in [1.54, 1.807) is 6.07 Å². The number of aryl methyl sites for hydroxylation is 3. The van der Waals surface area contributed by atoms with Gasteiger partial charge in [0, 0.05) is 5.56 Å². The second-order valence-corrected chi connectivity index (χ2v) is 7.92. The summed E-state index contributed by atoms with van der Waals surface area (Å²) in [5.74, 6) is 1.20. The fraction of sp³-hybridized carbons (Fsp3) is 0.192. The van der Waals surface area contributed by atoms with E-state index in [0.29, 0.717) is 27.3 Å². The van der Waals surface area contributed by atoms with E-state index in [9.17, 15) is 4.79 Å². The molecule has 0 fully saturated rings. The van der Waals surface area contributed by atoms with Crippen LogP contribution in [0.25, 0.3) is 22.3 Å². The summed E-state index contributed by atoms with van der Waals surface area (Å²) < 4.78 is 17.8. The predicted molar refractivity (Wildman–Crippen MR) is 125 cm³/mol. The van der Waals surface area contributed by atoms with Crippen molar-refractivity contribution in [3.63, 3.8) is 0 Å². The number of ether oxygens (including phenoxy) is 2. The van der Waals surface area contributed by atoms with Crippen molar-refractivity contribution < 1.29 is 13.9 Å². The molecule has 0 aliphatic rings. The maximum absolute atomic E-state index is 13.3. The molecule has 4 rings (SSSR count). The molecule has 1 heterocycles. The summed E-state index contributed by atoms with van der Waals surface area (Å²) in [5.41, 5.74) is 4.10. The maximum atomic E-state index is 13.3. The Balaban J connectivity index is 1.69. The van der Waals surface area contributed by atoms with Crippen LogP contribution >= 0.6 is 11.6 Å². The monoisotopic (exact) mass is 434 g/mol. The molecule has 0 atom stereocenters. The molecule has 3 aromatic carbocycles. The van der Waals surface area contributed by atoms with Crippen molar-refractivity contribution in [3.05, 3.63) is 92.6 Å². The van der Waals surface area contributed by atoms with E-state index >= 15 is 0 Å². The van der Waals surface area contributed by atoms with Gasteiger partial charge in [0.25, 0.3) is 0 Å². The molecule has 0 aliphatic carbocycles. The molecule has 31 heavy (non-hydrogen) atoms. The Kier molecular flexibility index (Phi) is 6.01. The summed E-state index contributed by atoms with van der Waals surface area (Å²) in [5, 5.41) is 0.961. The molecular formula is C26H23ClO4. The molecule has 0 unspecified atom stereocenters. The quantitative estimate of drug-likeness (QED) is 0.325. The number of benzene rings is 3. The van der Waals surface area contributed by atoms with Gasteiger partial charge in [-0.15, -0.1) is 0 Å². The zero-order chi connectivity index (χ0) is 22.0. The molecule has 0 aliphatic heterocycles. The molecule has 0 saturated carbocycles. The molecule has 1 aromatic heterocycles. The molecule has 0 bridgehead atoms. The Morgan fingerprint density at radius 3 is 2.29 bits per heavy atom. The number of rotatable bonds is 6. The van der Waals surface area contributed by atoms with Gasteiger partial charge < -0.3 is 13.9 Å². The average Bonchev–Trinajstić information content (AvgIpc) is 2.75. The molecule has 158 valence electrons. The number of halogens is 1. The second-order valence-electron chi connectivity index (χ2n) is 7.51. The van der Waals surface area contributed by atoms with Gasteiger partial charge in [-0.05, 0) is 68.3 Å². The minimum atomic E-state index is -0.227. The standard InChI is InChI=1S/C26H23ClO4/c1-16-8-10-19(11-9-16)29-12-13-30-26-24(28)21-14-17(2)18(3)15-23(21)31-25(26)20-6-4-5-7-22(20)27/h4-11,14-15H,12-13H2,1-3H3. The highest BCUT2D eigenvalue weighted by atomic mass is 35.5. The van der Waals surface area contributed by atoms with Crippen LogP contribution in [0.3, 0.4) is 0 Å². The van der Waals surface area contributed by atoms with E-state index in [0.717, 1.165) is 22.4 Å². The van der Waals surface area contributed by atoms with E-state index in [4.69, 9.17) is 25.5 Å². The van der Waals surface area contributed by atoms with Crippen molar-refractivity contribution in [2.24, 2.45) is 0 Å². The fourth-order valence-corrected chi connectivity index (χ4v) is 3.55. The zero-order valence-electron chi connectivity index (χ0n) is 17.7. The molecule has 0 N–H and O–H groups in total. The van der Waals surface area contributed by atoms with Gasteiger partial charge in [0.05, 0.1) is 10.4 Å². The number of fused-ring (bicyclic) bond motifs is 1. The van der Waals surface area contributed by atoms with Crippen LogP contribution in [0, 0.1) is 20.8 Å². The highest BCUT2D eigenvalue weighted by molar-refractivity contribution is 6.33. The van der Waals surface area contributed by atoms with E-state index in [-0.39, 0.29) is 24.4 Å². The lowest BCUT2D eigenvalue weighted by Crippen LogP contribution is -2.15. The summed E-state index contributed by atoms with van der Waals surface area (Å²) in [6.45, 7) is 6.44. The topological polar surface area (TPSA) is 48.7 Å². The first kappa shape index (κ1) is 21.0. The SMILES string of the molecule is Cc1ccc(OCCOc2c(-c3ccccc3Cl)oc3cc(C)c(C)cc3c2=O)cc1. The van der Waals surface area contributed by atoms with Crippen LogP contribution in [0.2, 0.25) is 5.02 Å². The van der Waals surface area contributed by atoms with E-state index in [1.807, 2.05) is 75.4 Å². The fourth-order valence-electron chi connectivity index (χ4n) is 3.32. The van der Waals surface area contributed by atoms with Crippen LogP contribution in [-0.4, -0.2) is 13.2 Å². The van der Waals surface area contributed by atoms with Crippen LogP contribution in [0.5, 0.6) is 11.5 Å². The molecule has 0 spiro atoms. The van der Waals surface area contributed by atoms with Crippen LogP contribution in [0.4, 0.5) is 0 Å². The van der Waals surface area contributed by atoms with Gasteiger partial charge in [-0.3, -0.25) is 4.79 Å². The van der Waals surface area contributed by atoms with Crippen molar-refractivity contribution in [3.8, 4) is 22.8 Å². The molecule has 0 saturated heterocycles. The van der Waals surface area contributed by atoms with Gasteiger partial charge >= 0.3 is 0 Å². The third kappa shape index (κ3) is 4.44. The number of hydrogen-bond donors (Lipinski definition) is 0. The summed E-state index contributed by atoms with van der Waals surface area (Å²) >= 11 is 6.40. The summed E-state index contributed by atoms with van der Waals surface area (Å²) in [4.78, 5) is 13.3. The Bertz CT molecular complexity index is 1290. The van der Waals surface area contributed by atoms with Crippen molar-refractivity contribution in [1.82, 2.24) is 0 Å². The normalized spacial score (nSPS) is 11.0. The Morgan fingerprint density at radius 1 is 0.871 bits per heavy atom. The van der Waals surface area contributed by atoms with Crippen molar-refractivity contribution >= 4 is 22.6 Å². The predicted octanol–water partition coefficient (Wildman–Crippen LogP) is 6.50. The van der Waals surface area contributed by atoms with E-state index in [2.05, 4.69) is 0 Å². The van der Waals surface area contributed by atoms with Crippen LogP contribution in [0.1, 0.15) is 16.7 Å². The Labute approximate surface area is 186 Å². The average molecular weight is 435 g/mol. The first-order valence-electron chi connectivity index (χ1n) is 10.1. The third-order valence-corrected chi connectivity index (χ3v) is 5.53. The highest BCUT2D eigenvalue weighted by Crippen LogP contribution is 2.35. The molecular weight excluding hydrogens is 412 g/mol. The summed E-state index contributed by atoms with van der Waals surface area (Å²) in [6.07, 6.45) is 0. The third-order valence-electron chi connectivity index (χ3n) is 5.20. The lowest BCUT2D eigenvalue weighted by molar-refractivity contribution is 0.214. The zero-order valence-corrected chi connectivity index (χ0v) is 18.5. The minimum absolute atomic E-state index is 0.136. The second kappa shape index (κ2) is 8.86. The smallest absolute Gasteiger partial charge is 0.235 e. The van der Waals surface area contributed by atoms with Crippen molar-refractivity contribution in [2.45, 2.75) is 20.8 Å². The lowest BCUT2D eigenvalue weighted by atomic mass is 10.0. The van der Waals surface area contributed by atoms with Gasteiger partial charge in [0.1, 0.15) is 24.5 Å². The lowest BCUT2D eigenvalue weighted by Gasteiger charge is -2.14. The summed E-state index contributed by atoms with van der Waals surface area (Å²) in [7, 11) is 0. The first-order chi connectivity index (χ1) is 14.9. The Morgan fingerprint density at radius 2 is 1.55 bits per heavy atom. The van der Waals surface area contributed by atoms with Gasteiger partial charge in [-0.2, -0.15) is 0 Å². The van der Waals surface area contributed by atoms with Gasteiger partial charge in [-0.25, -0.2) is 0 Å². The first-order valence-corrected chi connectivity index (χ1v) is 10.5. The molecule has 4 aromatic rings. The summed E-state index contributed by atoms with van der Waals surface area (Å²) in [6, 6.07) is 18.7. The van der Waals surface area contributed by atoms with Crippen LogP contribution in [-0.2, 0) is 0 Å². The Hall–Kier alpha value is -3.24. The van der Waals surface area contributed by atoms with Crippen LogP contribution < -0.4 is 14.9 Å².